The molecule has 2 rings (SSSR count). The molecule has 13 heavy (non-hydrogen) atoms. The first-order valence-electron chi connectivity index (χ1n) is 4.97. The van der Waals surface area contributed by atoms with Crippen molar-refractivity contribution in [3.8, 4) is 0 Å². The van der Waals surface area contributed by atoms with Crippen LogP contribution in [-0.4, -0.2) is 18.2 Å². The highest BCUT2D eigenvalue weighted by molar-refractivity contribution is 5.03. The fourth-order valence-electron chi connectivity index (χ4n) is 1.84. The average Bonchev–Trinajstić information content (AvgIpc) is 2.71. The smallest absolute Gasteiger partial charge is 0.137 e. The van der Waals surface area contributed by atoms with Crippen LogP contribution in [0.25, 0.3) is 0 Å². The van der Waals surface area contributed by atoms with Crippen molar-refractivity contribution in [1.29, 1.82) is 0 Å². The Labute approximate surface area is 78.5 Å². The van der Waals surface area contributed by atoms with E-state index in [4.69, 9.17) is 4.52 Å². The molecule has 72 valence electrons. The summed E-state index contributed by atoms with van der Waals surface area (Å²) in [4.78, 5) is 0. The van der Waals surface area contributed by atoms with Crippen molar-refractivity contribution in [2.45, 2.75) is 26.2 Å². The highest BCUT2D eigenvalue weighted by Crippen LogP contribution is 2.16. The molecule has 0 amide bonds. The second kappa shape index (κ2) is 3.92. The molecule has 0 aliphatic carbocycles. The van der Waals surface area contributed by atoms with Gasteiger partial charge in [-0.3, -0.25) is 0 Å². The van der Waals surface area contributed by atoms with Crippen LogP contribution in [0, 0.1) is 12.8 Å². The van der Waals surface area contributed by atoms with Gasteiger partial charge in [0.05, 0.1) is 5.69 Å². The van der Waals surface area contributed by atoms with Crippen LogP contribution in [0.1, 0.15) is 24.3 Å². The zero-order chi connectivity index (χ0) is 9.10. The van der Waals surface area contributed by atoms with Gasteiger partial charge < -0.3 is 9.84 Å². The van der Waals surface area contributed by atoms with E-state index in [9.17, 15) is 0 Å². The zero-order valence-electron chi connectivity index (χ0n) is 8.05. The SMILES string of the molecule is Cc1cc(CCC2CCNC2)on1. The van der Waals surface area contributed by atoms with E-state index in [0.717, 1.165) is 23.8 Å². The third-order valence-electron chi connectivity index (χ3n) is 2.64. The van der Waals surface area contributed by atoms with Crippen LogP contribution in [0.3, 0.4) is 0 Å². The van der Waals surface area contributed by atoms with Crippen LogP contribution in [0.15, 0.2) is 10.6 Å². The van der Waals surface area contributed by atoms with E-state index in [1.807, 2.05) is 13.0 Å². The van der Waals surface area contributed by atoms with Gasteiger partial charge in [-0.25, -0.2) is 0 Å². The fraction of sp³-hybridized carbons (Fsp3) is 0.700. The summed E-state index contributed by atoms with van der Waals surface area (Å²) >= 11 is 0. The van der Waals surface area contributed by atoms with Crippen molar-refractivity contribution < 1.29 is 4.52 Å². The number of rotatable bonds is 3. The number of aromatic nitrogens is 1. The van der Waals surface area contributed by atoms with Gasteiger partial charge in [-0.05, 0) is 38.8 Å². The van der Waals surface area contributed by atoms with Crippen LogP contribution in [0.5, 0.6) is 0 Å². The lowest BCUT2D eigenvalue weighted by molar-refractivity contribution is 0.367. The average molecular weight is 180 g/mol. The molecule has 3 nitrogen and oxygen atoms in total. The van der Waals surface area contributed by atoms with Crippen molar-refractivity contribution in [2.75, 3.05) is 13.1 Å². The van der Waals surface area contributed by atoms with Crippen LogP contribution in [0.2, 0.25) is 0 Å². The van der Waals surface area contributed by atoms with Crippen molar-refractivity contribution in [3.05, 3.63) is 17.5 Å². The molecule has 0 aromatic carbocycles. The Bertz CT molecular complexity index is 264. The van der Waals surface area contributed by atoms with Crippen molar-refractivity contribution in [3.63, 3.8) is 0 Å². The summed E-state index contributed by atoms with van der Waals surface area (Å²) in [6.07, 6.45) is 3.57. The van der Waals surface area contributed by atoms with E-state index in [-0.39, 0.29) is 0 Å². The molecule has 1 fully saturated rings. The van der Waals surface area contributed by atoms with Crippen LogP contribution in [-0.2, 0) is 6.42 Å². The van der Waals surface area contributed by atoms with Crippen LogP contribution < -0.4 is 5.32 Å². The molecule has 3 heteroatoms. The highest BCUT2D eigenvalue weighted by Gasteiger charge is 2.14. The van der Waals surface area contributed by atoms with Crippen molar-refractivity contribution in [2.24, 2.45) is 5.92 Å². The Kier molecular flexibility index (Phi) is 2.64. The van der Waals surface area contributed by atoms with Gasteiger partial charge >= 0.3 is 0 Å². The molecule has 1 aromatic heterocycles. The maximum Gasteiger partial charge on any atom is 0.137 e. The Hall–Kier alpha value is -0.830. The van der Waals surface area contributed by atoms with Gasteiger partial charge in [0.15, 0.2) is 0 Å². The minimum atomic E-state index is 0.838. The minimum Gasteiger partial charge on any atom is -0.361 e. The van der Waals surface area contributed by atoms with Gasteiger partial charge in [-0.2, -0.15) is 0 Å². The predicted molar refractivity (Wildman–Crippen MR) is 50.5 cm³/mol. The first kappa shape index (κ1) is 8.75. The quantitative estimate of drug-likeness (QED) is 0.766. The molecule has 0 spiro atoms. The standard InChI is InChI=1S/C10H16N2O/c1-8-6-10(13-12-8)3-2-9-4-5-11-7-9/h6,9,11H,2-5,7H2,1H3. The highest BCUT2D eigenvalue weighted by atomic mass is 16.5. The number of hydrogen-bond donors (Lipinski definition) is 1. The summed E-state index contributed by atoms with van der Waals surface area (Å²) in [5.41, 5.74) is 0.986. The second-order valence-electron chi connectivity index (χ2n) is 3.83. The molecule has 2 heterocycles. The minimum absolute atomic E-state index is 0.838. The molecule has 0 radical (unpaired) electrons. The largest absolute Gasteiger partial charge is 0.361 e. The molecule has 1 aliphatic heterocycles. The molecule has 0 saturated carbocycles. The van der Waals surface area contributed by atoms with E-state index >= 15 is 0 Å². The lowest BCUT2D eigenvalue weighted by Crippen LogP contribution is -2.09. The lowest BCUT2D eigenvalue weighted by atomic mass is 10.0. The number of nitrogens with zero attached hydrogens (tertiary/aromatic N) is 1. The Balaban J connectivity index is 1.78. The summed E-state index contributed by atoms with van der Waals surface area (Å²) in [6, 6.07) is 2.03. The van der Waals surface area contributed by atoms with E-state index < -0.39 is 0 Å². The third kappa shape index (κ3) is 2.31. The van der Waals surface area contributed by atoms with Gasteiger partial charge in [0, 0.05) is 12.5 Å². The van der Waals surface area contributed by atoms with E-state index in [0.29, 0.717) is 0 Å². The fourth-order valence-corrected chi connectivity index (χ4v) is 1.84. The van der Waals surface area contributed by atoms with Crippen molar-refractivity contribution >= 4 is 0 Å². The molecule has 1 atom stereocenters. The maximum absolute atomic E-state index is 5.15. The number of aryl methyl sites for hydroxylation is 2. The molecular weight excluding hydrogens is 164 g/mol. The van der Waals surface area contributed by atoms with Gasteiger partial charge in [0.2, 0.25) is 0 Å². The molecule has 1 aromatic rings. The van der Waals surface area contributed by atoms with Gasteiger partial charge in [-0.15, -0.1) is 0 Å². The first-order chi connectivity index (χ1) is 6.34. The third-order valence-corrected chi connectivity index (χ3v) is 2.64. The summed E-state index contributed by atoms with van der Waals surface area (Å²) in [5, 5.41) is 7.24. The van der Waals surface area contributed by atoms with E-state index in [1.165, 1.54) is 25.9 Å². The summed E-state index contributed by atoms with van der Waals surface area (Å²) < 4.78 is 5.15. The molecule has 1 unspecified atom stereocenters. The summed E-state index contributed by atoms with van der Waals surface area (Å²) in [6.45, 7) is 4.32. The molecule has 1 saturated heterocycles. The van der Waals surface area contributed by atoms with Gasteiger partial charge in [0.25, 0.3) is 0 Å². The second-order valence-corrected chi connectivity index (χ2v) is 3.83. The van der Waals surface area contributed by atoms with Crippen LogP contribution in [0.4, 0.5) is 0 Å². The Morgan fingerprint density at radius 3 is 3.23 bits per heavy atom. The van der Waals surface area contributed by atoms with Crippen LogP contribution >= 0.6 is 0 Å². The zero-order valence-corrected chi connectivity index (χ0v) is 8.05. The number of nitrogens with one attached hydrogen (secondary N) is 1. The molecule has 1 aliphatic rings. The topological polar surface area (TPSA) is 38.1 Å². The Morgan fingerprint density at radius 1 is 1.69 bits per heavy atom. The van der Waals surface area contributed by atoms with E-state index in [1.54, 1.807) is 0 Å². The molecular formula is C10H16N2O. The normalized spacial score (nSPS) is 22.4. The summed E-state index contributed by atoms with van der Waals surface area (Å²) in [7, 11) is 0. The molecule has 0 bridgehead atoms. The number of hydrogen-bond acceptors (Lipinski definition) is 3. The molecule has 1 N–H and O–H groups in total. The Morgan fingerprint density at radius 2 is 2.62 bits per heavy atom. The van der Waals surface area contributed by atoms with Gasteiger partial charge in [-0.1, -0.05) is 5.16 Å². The predicted octanol–water partition coefficient (Wildman–Crippen LogP) is 1.53. The lowest BCUT2D eigenvalue weighted by Gasteiger charge is -2.04. The first-order valence-corrected chi connectivity index (χ1v) is 4.97. The van der Waals surface area contributed by atoms with Crippen molar-refractivity contribution in [1.82, 2.24) is 10.5 Å². The van der Waals surface area contributed by atoms with Gasteiger partial charge in [0.1, 0.15) is 5.76 Å². The van der Waals surface area contributed by atoms with E-state index in [2.05, 4.69) is 10.5 Å². The summed E-state index contributed by atoms with van der Waals surface area (Å²) in [5.74, 6) is 1.87. The monoisotopic (exact) mass is 180 g/mol. The maximum atomic E-state index is 5.15.